The van der Waals surface area contributed by atoms with E-state index in [1.165, 1.54) is 6.20 Å². The van der Waals surface area contributed by atoms with Gasteiger partial charge in [-0.2, -0.15) is 13.2 Å². The van der Waals surface area contributed by atoms with Crippen LogP contribution in [-0.4, -0.2) is 47.2 Å². The Balaban J connectivity index is 1.84. The Morgan fingerprint density at radius 1 is 1.24 bits per heavy atom. The van der Waals surface area contributed by atoms with E-state index in [4.69, 9.17) is 5.11 Å². The van der Waals surface area contributed by atoms with Crippen molar-refractivity contribution >= 4 is 17.6 Å². The predicted molar refractivity (Wildman–Crippen MR) is 94.2 cm³/mol. The molecule has 0 aliphatic rings. The molecule has 0 aliphatic carbocycles. The Labute approximate surface area is 161 Å². The summed E-state index contributed by atoms with van der Waals surface area (Å²) in [6.07, 6.45) is -3.69. The minimum Gasteiger partial charge on any atom is -0.479 e. The molecule has 0 radical (unpaired) electrons. The molecular weight excluding hydrogens is 393 g/mol. The highest BCUT2D eigenvalue weighted by Gasteiger charge is 2.30. The first-order chi connectivity index (χ1) is 13.6. The number of carbonyl (C=O) groups is 1. The van der Waals surface area contributed by atoms with E-state index in [0.29, 0.717) is 11.4 Å². The lowest BCUT2D eigenvalue weighted by molar-refractivity contribution is -0.147. The number of pyridine rings is 2. The molecule has 0 aromatic carbocycles. The lowest BCUT2D eigenvalue weighted by Crippen LogP contribution is -2.25. The second kappa shape index (κ2) is 7.83. The molecule has 29 heavy (non-hydrogen) atoms. The third-order valence-electron chi connectivity index (χ3n) is 3.76. The number of anilines is 2. The minimum atomic E-state index is -4.50. The van der Waals surface area contributed by atoms with E-state index in [-0.39, 0.29) is 18.2 Å². The van der Waals surface area contributed by atoms with Crippen LogP contribution in [0.4, 0.5) is 24.8 Å². The number of aliphatic carboxylic acids is 1. The van der Waals surface area contributed by atoms with Crippen molar-refractivity contribution in [2.24, 2.45) is 0 Å². The van der Waals surface area contributed by atoms with Crippen LogP contribution in [0.15, 0.2) is 36.7 Å². The van der Waals surface area contributed by atoms with Gasteiger partial charge >= 0.3 is 12.1 Å². The fourth-order valence-electron chi connectivity index (χ4n) is 2.43. The average molecular weight is 408 g/mol. The van der Waals surface area contributed by atoms with Gasteiger partial charge in [-0.15, -0.1) is 5.10 Å². The molecule has 152 valence electrons. The molecule has 0 aliphatic heterocycles. The average Bonchev–Trinajstić information content (AvgIpc) is 3.09. The van der Waals surface area contributed by atoms with Crippen LogP contribution in [0.3, 0.4) is 0 Å². The van der Waals surface area contributed by atoms with Gasteiger partial charge in [0, 0.05) is 6.20 Å². The molecule has 9 nitrogen and oxygen atoms in total. The van der Waals surface area contributed by atoms with E-state index >= 15 is 0 Å². The largest absolute Gasteiger partial charge is 0.479 e. The summed E-state index contributed by atoms with van der Waals surface area (Å²) in [5, 5.41) is 28.5. The number of carboxylic acids is 1. The van der Waals surface area contributed by atoms with Crippen molar-refractivity contribution in [3.8, 4) is 11.4 Å². The zero-order chi connectivity index (χ0) is 21.2. The molecule has 0 saturated carbocycles. The third kappa shape index (κ3) is 5.04. The van der Waals surface area contributed by atoms with Gasteiger partial charge in [-0.1, -0.05) is 5.21 Å². The Bertz CT molecular complexity index is 1040. The van der Waals surface area contributed by atoms with Crippen molar-refractivity contribution in [2.45, 2.75) is 25.7 Å². The zero-order valence-electron chi connectivity index (χ0n) is 14.9. The maximum Gasteiger partial charge on any atom is 0.416 e. The van der Waals surface area contributed by atoms with Crippen LogP contribution in [0.2, 0.25) is 0 Å². The molecular formula is C17H15F3N6O3. The third-order valence-corrected chi connectivity index (χ3v) is 3.76. The summed E-state index contributed by atoms with van der Waals surface area (Å²) in [6, 6.07) is 5.02. The Morgan fingerprint density at radius 3 is 2.69 bits per heavy atom. The lowest BCUT2D eigenvalue weighted by atomic mass is 10.2. The van der Waals surface area contributed by atoms with Crippen LogP contribution in [-0.2, 0) is 17.5 Å². The fourth-order valence-corrected chi connectivity index (χ4v) is 2.43. The normalized spacial score (nSPS) is 12.6. The van der Waals surface area contributed by atoms with Crippen LogP contribution in [0, 0.1) is 6.92 Å². The Morgan fingerprint density at radius 2 is 2.00 bits per heavy atom. The van der Waals surface area contributed by atoms with Crippen molar-refractivity contribution in [1.82, 2.24) is 25.0 Å². The number of alkyl halides is 3. The number of carboxylic acid groups (broad SMARTS) is 1. The van der Waals surface area contributed by atoms with Gasteiger partial charge in [0.05, 0.1) is 24.0 Å². The highest BCUT2D eigenvalue weighted by molar-refractivity contribution is 5.71. The lowest BCUT2D eigenvalue weighted by Gasteiger charge is -2.10. The van der Waals surface area contributed by atoms with Crippen LogP contribution < -0.4 is 5.32 Å². The van der Waals surface area contributed by atoms with E-state index in [1.807, 2.05) is 0 Å². The Hall–Kier alpha value is -3.54. The number of hydrogen-bond acceptors (Lipinski definition) is 7. The van der Waals surface area contributed by atoms with Gasteiger partial charge in [-0.3, -0.25) is 0 Å². The number of aliphatic hydroxyl groups excluding tert-OH is 1. The molecule has 3 N–H and O–H groups in total. The summed E-state index contributed by atoms with van der Waals surface area (Å²) in [7, 11) is 0. The van der Waals surface area contributed by atoms with E-state index in [9.17, 15) is 23.1 Å². The van der Waals surface area contributed by atoms with E-state index in [2.05, 4.69) is 25.6 Å². The number of nitrogens with zero attached hydrogens (tertiary/aromatic N) is 5. The van der Waals surface area contributed by atoms with Crippen molar-refractivity contribution in [1.29, 1.82) is 0 Å². The van der Waals surface area contributed by atoms with Crippen LogP contribution in [0.1, 0.15) is 11.1 Å². The van der Waals surface area contributed by atoms with Gasteiger partial charge in [0.25, 0.3) is 0 Å². The first-order valence-corrected chi connectivity index (χ1v) is 8.22. The van der Waals surface area contributed by atoms with E-state index in [1.54, 1.807) is 19.1 Å². The maximum absolute atomic E-state index is 12.9. The number of rotatable bonds is 6. The first-order valence-electron chi connectivity index (χ1n) is 8.22. The standard InChI is InChI=1S/C17H15F3N6O3/c1-9-4-11(12-7-26(25-24-12)8-13(27)16(28)29)22-15(5-9)23-14-6-10(2-3-21-14)17(18,19)20/h2-7,13,27H,8H2,1H3,(H,28,29)(H,21,22,23). The molecule has 1 unspecified atom stereocenters. The summed E-state index contributed by atoms with van der Waals surface area (Å²) in [5.41, 5.74) is 0.550. The minimum absolute atomic E-state index is 0.0305. The molecule has 3 aromatic rings. The quantitative estimate of drug-likeness (QED) is 0.567. The smallest absolute Gasteiger partial charge is 0.416 e. The van der Waals surface area contributed by atoms with Gasteiger partial charge < -0.3 is 15.5 Å². The van der Waals surface area contributed by atoms with E-state index < -0.39 is 23.8 Å². The molecule has 3 rings (SSSR count). The summed E-state index contributed by atoms with van der Waals surface area (Å²) in [6.45, 7) is 1.46. The topological polar surface area (TPSA) is 126 Å². The van der Waals surface area contributed by atoms with E-state index in [0.717, 1.165) is 28.6 Å². The second-order valence-electron chi connectivity index (χ2n) is 6.15. The maximum atomic E-state index is 12.9. The molecule has 0 fully saturated rings. The monoisotopic (exact) mass is 408 g/mol. The second-order valence-corrected chi connectivity index (χ2v) is 6.15. The summed E-state index contributed by atoms with van der Waals surface area (Å²) in [4.78, 5) is 18.9. The van der Waals surface area contributed by atoms with Crippen molar-refractivity contribution < 1.29 is 28.2 Å². The molecule has 0 spiro atoms. The molecule has 0 saturated heterocycles. The molecule has 0 bridgehead atoms. The molecule has 1 atom stereocenters. The van der Waals surface area contributed by atoms with Gasteiger partial charge in [0.1, 0.15) is 17.3 Å². The molecule has 3 heterocycles. The number of aliphatic hydroxyl groups is 1. The van der Waals surface area contributed by atoms with Crippen LogP contribution in [0.25, 0.3) is 11.4 Å². The fraction of sp³-hybridized carbons (Fsp3) is 0.235. The number of halogens is 3. The number of aromatic nitrogens is 5. The highest BCUT2D eigenvalue weighted by atomic mass is 19.4. The van der Waals surface area contributed by atoms with Crippen molar-refractivity contribution in [2.75, 3.05) is 5.32 Å². The number of hydrogen-bond donors (Lipinski definition) is 3. The Kier molecular flexibility index (Phi) is 5.46. The van der Waals surface area contributed by atoms with Crippen LogP contribution >= 0.6 is 0 Å². The van der Waals surface area contributed by atoms with Gasteiger partial charge in [-0.05, 0) is 36.8 Å². The summed E-state index contributed by atoms with van der Waals surface area (Å²) >= 11 is 0. The first kappa shape index (κ1) is 20.2. The molecule has 0 amide bonds. The van der Waals surface area contributed by atoms with Gasteiger partial charge in [0.15, 0.2) is 6.10 Å². The van der Waals surface area contributed by atoms with Gasteiger partial charge in [0.2, 0.25) is 0 Å². The molecule has 12 heteroatoms. The highest BCUT2D eigenvalue weighted by Crippen LogP contribution is 2.30. The number of aryl methyl sites for hydroxylation is 1. The zero-order valence-corrected chi connectivity index (χ0v) is 14.9. The molecule has 3 aromatic heterocycles. The van der Waals surface area contributed by atoms with Crippen molar-refractivity contribution in [3.05, 3.63) is 47.8 Å². The SMILES string of the molecule is Cc1cc(Nc2cc(C(F)(F)F)ccn2)nc(-c2cn(CC(O)C(=O)O)nn2)c1. The summed E-state index contributed by atoms with van der Waals surface area (Å²) in [5.74, 6) is -1.18. The van der Waals surface area contributed by atoms with Crippen LogP contribution in [0.5, 0.6) is 0 Å². The number of nitrogens with one attached hydrogen (secondary N) is 1. The summed E-state index contributed by atoms with van der Waals surface area (Å²) < 4.78 is 39.7. The van der Waals surface area contributed by atoms with Crippen molar-refractivity contribution in [3.63, 3.8) is 0 Å². The van der Waals surface area contributed by atoms with Gasteiger partial charge in [-0.25, -0.2) is 19.4 Å². The predicted octanol–water partition coefficient (Wildman–Crippen LogP) is 2.25.